The molecule has 2 fully saturated rings. The van der Waals surface area contributed by atoms with Crippen molar-refractivity contribution in [2.24, 2.45) is 23.5 Å². The molecule has 0 aromatic heterocycles. The molecule has 2 N–H and O–H groups in total. The van der Waals surface area contributed by atoms with Gasteiger partial charge in [0.25, 0.3) is 0 Å². The Balaban J connectivity index is 1.85. The van der Waals surface area contributed by atoms with E-state index in [-0.39, 0.29) is 11.8 Å². The number of carbonyl (C=O) groups is 1. The molecule has 3 heteroatoms. The fourth-order valence-corrected chi connectivity index (χ4v) is 3.15. The van der Waals surface area contributed by atoms with E-state index in [4.69, 9.17) is 12.2 Å². The number of terminal acetylenes is 1. The molecule has 0 spiro atoms. The number of hydrogen-bond acceptors (Lipinski definition) is 2. The Morgan fingerprint density at radius 3 is 2.82 bits per heavy atom. The van der Waals surface area contributed by atoms with E-state index in [9.17, 15) is 4.79 Å². The lowest BCUT2D eigenvalue weighted by Gasteiger charge is -2.31. The predicted molar refractivity (Wildman–Crippen MR) is 68.0 cm³/mol. The third-order valence-electron chi connectivity index (χ3n) is 4.15. The second-order valence-electron chi connectivity index (χ2n) is 5.50. The number of rotatable bonds is 3. The van der Waals surface area contributed by atoms with Crippen molar-refractivity contribution in [3.05, 3.63) is 0 Å². The van der Waals surface area contributed by atoms with Crippen LogP contribution in [0.4, 0.5) is 0 Å². The van der Waals surface area contributed by atoms with Gasteiger partial charge in [0.2, 0.25) is 5.91 Å². The lowest BCUT2D eigenvalue weighted by Crippen LogP contribution is -2.34. The molecule has 2 aliphatic rings. The van der Waals surface area contributed by atoms with Gasteiger partial charge >= 0.3 is 0 Å². The molecule has 1 saturated heterocycles. The highest BCUT2D eigenvalue weighted by Crippen LogP contribution is 2.30. The maximum Gasteiger partial charge on any atom is 0.223 e. The van der Waals surface area contributed by atoms with Crippen LogP contribution in [0.2, 0.25) is 0 Å². The molecule has 1 heterocycles. The Hall–Kier alpha value is -1.01. The zero-order chi connectivity index (χ0) is 12.3. The summed E-state index contributed by atoms with van der Waals surface area (Å²) in [5, 5.41) is 0. The average Bonchev–Trinajstić information content (AvgIpc) is 2.70. The van der Waals surface area contributed by atoms with Gasteiger partial charge in [-0.3, -0.25) is 4.79 Å². The van der Waals surface area contributed by atoms with Gasteiger partial charge in [0.05, 0.1) is 0 Å². The van der Waals surface area contributed by atoms with E-state index in [2.05, 4.69) is 5.92 Å². The number of nitrogens with two attached hydrogens (primary N) is 1. The second-order valence-corrected chi connectivity index (χ2v) is 5.50. The molecule has 1 aliphatic carbocycles. The molecule has 1 saturated carbocycles. The van der Waals surface area contributed by atoms with Crippen molar-refractivity contribution in [1.82, 2.24) is 4.90 Å². The van der Waals surface area contributed by atoms with Crippen LogP contribution in [0.15, 0.2) is 0 Å². The summed E-state index contributed by atoms with van der Waals surface area (Å²) < 4.78 is 0. The van der Waals surface area contributed by atoms with Crippen molar-refractivity contribution >= 4 is 5.91 Å². The molecule has 1 amide bonds. The summed E-state index contributed by atoms with van der Waals surface area (Å²) in [4.78, 5) is 13.7. The first-order chi connectivity index (χ1) is 8.22. The summed E-state index contributed by atoms with van der Waals surface area (Å²) in [6.07, 6.45) is 10.9. The molecule has 3 nitrogen and oxygen atoms in total. The molecular weight excluding hydrogens is 212 g/mol. The fourth-order valence-electron chi connectivity index (χ4n) is 3.15. The third-order valence-corrected chi connectivity index (χ3v) is 4.15. The number of likely N-dealkylation sites (tertiary alicyclic amines) is 1. The lowest BCUT2D eigenvalue weighted by atomic mass is 9.81. The first-order valence-corrected chi connectivity index (χ1v) is 6.67. The van der Waals surface area contributed by atoms with Crippen molar-refractivity contribution in [2.75, 3.05) is 19.6 Å². The summed E-state index contributed by atoms with van der Waals surface area (Å²) in [6.45, 7) is 2.45. The largest absolute Gasteiger partial charge is 0.341 e. The number of carbonyl (C=O) groups excluding carboxylic acids is 1. The highest BCUT2D eigenvalue weighted by atomic mass is 16.2. The smallest absolute Gasteiger partial charge is 0.223 e. The second kappa shape index (κ2) is 5.55. The first-order valence-electron chi connectivity index (χ1n) is 6.67. The molecule has 2 rings (SSSR count). The van der Waals surface area contributed by atoms with Crippen molar-refractivity contribution in [1.29, 1.82) is 0 Å². The maximum absolute atomic E-state index is 11.8. The standard InChI is InChI=1S/C14H22N2O/c1-2-11-7-14(17)16(9-11)10-13-5-3-4-12(6-13)8-15/h1,11-13H,3-10,15H2/t11?,12-,13+/m1/s1. The lowest BCUT2D eigenvalue weighted by molar-refractivity contribution is -0.128. The third kappa shape index (κ3) is 3.01. The Morgan fingerprint density at radius 1 is 1.41 bits per heavy atom. The van der Waals surface area contributed by atoms with Gasteiger partial charge in [-0.1, -0.05) is 6.42 Å². The van der Waals surface area contributed by atoms with Crippen molar-refractivity contribution in [3.63, 3.8) is 0 Å². The Labute approximate surface area is 104 Å². The average molecular weight is 234 g/mol. The SMILES string of the molecule is C#CC1CC(=O)N(C[C@H]2CCC[C@@H](CN)C2)C1. The molecule has 0 radical (unpaired) electrons. The Morgan fingerprint density at radius 2 is 2.18 bits per heavy atom. The van der Waals surface area contributed by atoms with Gasteiger partial charge in [0.15, 0.2) is 0 Å². The van der Waals surface area contributed by atoms with E-state index in [0.717, 1.165) is 19.6 Å². The topological polar surface area (TPSA) is 46.3 Å². The fraction of sp³-hybridized carbons (Fsp3) is 0.786. The van der Waals surface area contributed by atoms with Gasteiger partial charge in [-0.05, 0) is 37.6 Å². The number of nitrogens with zero attached hydrogens (tertiary/aromatic N) is 1. The van der Waals surface area contributed by atoms with E-state index < -0.39 is 0 Å². The molecule has 1 unspecified atom stereocenters. The minimum Gasteiger partial charge on any atom is -0.341 e. The molecule has 0 aromatic carbocycles. The minimum absolute atomic E-state index is 0.136. The zero-order valence-electron chi connectivity index (χ0n) is 10.4. The minimum atomic E-state index is 0.136. The monoisotopic (exact) mass is 234 g/mol. The summed E-state index contributed by atoms with van der Waals surface area (Å²) in [7, 11) is 0. The van der Waals surface area contributed by atoms with E-state index >= 15 is 0 Å². The summed E-state index contributed by atoms with van der Waals surface area (Å²) in [5.74, 6) is 4.37. The van der Waals surface area contributed by atoms with Gasteiger partial charge in [0.1, 0.15) is 0 Å². The number of hydrogen-bond donors (Lipinski definition) is 1. The van der Waals surface area contributed by atoms with Crippen LogP contribution >= 0.6 is 0 Å². The number of amides is 1. The first kappa shape index (κ1) is 12.4. The van der Waals surface area contributed by atoms with E-state index in [0.29, 0.717) is 18.3 Å². The van der Waals surface area contributed by atoms with Crippen LogP contribution in [-0.4, -0.2) is 30.4 Å². The van der Waals surface area contributed by atoms with Crippen LogP contribution in [0.1, 0.15) is 32.1 Å². The van der Waals surface area contributed by atoms with E-state index in [1.165, 1.54) is 25.7 Å². The quantitative estimate of drug-likeness (QED) is 0.747. The van der Waals surface area contributed by atoms with Gasteiger partial charge in [-0.2, -0.15) is 0 Å². The van der Waals surface area contributed by atoms with E-state index in [1.807, 2.05) is 4.90 Å². The van der Waals surface area contributed by atoms with Crippen molar-refractivity contribution in [2.45, 2.75) is 32.1 Å². The molecule has 94 valence electrons. The van der Waals surface area contributed by atoms with Gasteiger partial charge in [-0.25, -0.2) is 0 Å². The summed E-state index contributed by atoms with van der Waals surface area (Å²) in [6, 6.07) is 0. The van der Waals surface area contributed by atoms with Crippen LogP contribution in [0, 0.1) is 30.1 Å². The Kier molecular flexibility index (Phi) is 4.06. The zero-order valence-corrected chi connectivity index (χ0v) is 10.4. The predicted octanol–water partition coefficient (Wildman–Crippen LogP) is 1.23. The molecule has 3 atom stereocenters. The van der Waals surface area contributed by atoms with Crippen LogP contribution in [0.5, 0.6) is 0 Å². The summed E-state index contributed by atoms with van der Waals surface area (Å²) in [5.41, 5.74) is 5.74. The van der Waals surface area contributed by atoms with E-state index in [1.54, 1.807) is 0 Å². The van der Waals surface area contributed by atoms with Crippen molar-refractivity contribution in [3.8, 4) is 12.3 Å². The molecule has 0 aromatic rings. The molecule has 0 bridgehead atoms. The van der Waals surface area contributed by atoms with Crippen LogP contribution in [-0.2, 0) is 4.79 Å². The van der Waals surface area contributed by atoms with Gasteiger partial charge in [0, 0.05) is 25.4 Å². The summed E-state index contributed by atoms with van der Waals surface area (Å²) >= 11 is 0. The van der Waals surface area contributed by atoms with Crippen molar-refractivity contribution < 1.29 is 4.79 Å². The maximum atomic E-state index is 11.8. The Bertz CT molecular complexity index is 321. The van der Waals surface area contributed by atoms with Crippen LogP contribution in [0.3, 0.4) is 0 Å². The molecule has 17 heavy (non-hydrogen) atoms. The molecule has 1 aliphatic heterocycles. The molecular formula is C14H22N2O. The normalized spacial score (nSPS) is 33.8. The van der Waals surface area contributed by atoms with Crippen LogP contribution < -0.4 is 5.73 Å². The highest BCUT2D eigenvalue weighted by molar-refractivity contribution is 5.79. The van der Waals surface area contributed by atoms with Crippen LogP contribution in [0.25, 0.3) is 0 Å². The highest BCUT2D eigenvalue weighted by Gasteiger charge is 2.31. The van der Waals surface area contributed by atoms with Gasteiger partial charge < -0.3 is 10.6 Å². The van der Waals surface area contributed by atoms with Gasteiger partial charge in [-0.15, -0.1) is 12.3 Å².